The summed E-state index contributed by atoms with van der Waals surface area (Å²) in [5.74, 6) is 0.590. The standard InChI is InChI=1S/C9H13ClN4O/c1-2-12-9(15)3-4-13-8-6-11-5-7(10)14-8/h5-6H,2-4H2,1H3,(H,12,15)(H,13,14). The molecule has 15 heavy (non-hydrogen) atoms. The first-order chi connectivity index (χ1) is 7.22. The molecular formula is C9H13ClN4O. The SMILES string of the molecule is CCNC(=O)CCNc1cncc(Cl)n1. The summed E-state index contributed by atoms with van der Waals surface area (Å²) in [5, 5.41) is 5.99. The fraction of sp³-hybridized carbons (Fsp3) is 0.444. The Morgan fingerprint density at radius 3 is 3.00 bits per heavy atom. The lowest BCUT2D eigenvalue weighted by Crippen LogP contribution is -2.24. The van der Waals surface area contributed by atoms with E-state index in [1.54, 1.807) is 6.20 Å². The number of nitrogens with one attached hydrogen (secondary N) is 2. The maximum Gasteiger partial charge on any atom is 0.221 e. The maximum absolute atomic E-state index is 11.1. The summed E-state index contributed by atoms with van der Waals surface area (Å²) in [7, 11) is 0. The number of anilines is 1. The van der Waals surface area contributed by atoms with E-state index in [0.717, 1.165) is 0 Å². The number of halogens is 1. The highest BCUT2D eigenvalue weighted by Gasteiger charge is 1.99. The van der Waals surface area contributed by atoms with Crippen LogP contribution in [0.15, 0.2) is 12.4 Å². The molecule has 1 heterocycles. The molecule has 0 aliphatic carbocycles. The van der Waals surface area contributed by atoms with E-state index in [2.05, 4.69) is 20.6 Å². The van der Waals surface area contributed by atoms with Crippen LogP contribution in [-0.4, -0.2) is 29.0 Å². The largest absolute Gasteiger partial charge is 0.368 e. The number of rotatable bonds is 5. The van der Waals surface area contributed by atoms with Crippen LogP contribution < -0.4 is 10.6 Å². The average Bonchev–Trinajstić information content (AvgIpc) is 2.18. The molecule has 1 aromatic rings. The van der Waals surface area contributed by atoms with Crippen molar-refractivity contribution in [2.24, 2.45) is 0 Å². The second-order valence-corrected chi connectivity index (χ2v) is 3.24. The monoisotopic (exact) mass is 228 g/mol. The van der Waals surface area contributed by atoms with Gasteiger partial charge in [0.25, 0.3) is 0 Å². The molecule has 2 N–H and O–H groups in total. The Labute approximate surface area is 93.3 Å². The highest BCUT2D eigenvalue weighted by atomic mass is 35.5. The van der Waals surface area contributed by atoms with Gasteiger partial charge in [-0.2, -0.15) is 0 Å². The number of hydrogen-bond acceptors (Lipinski definition) is 4. The first-order valence-corrected chi connectivity index (χ1v) is 5.08. The molecule has 1 aromatic heterocycles. The highest BCUT2D eigenvalue weighted by Crippen LogP contribution is 2.06. The van der Waals surface area contributed by atoms with Gasteiger partial charge in [-0.05, 0) is 6.92 Å². The highest BCUT2D eigenvalue weighted by molar-refractivity contribution is 6.29. The van der Waals surface area contributed by atoms with Crippen molar-refractivity contribution in [2.75, 3.05) is 18.4 Å². The van der Waals surface area contributed by atoms with Crippen LogP contribution >= 0.6 is 11.6 Å². The van der Waals surface area contributed by atoms with Crippen molar-refractivity contribution in [1.29, 1.82) is 0 Å². The third-order valence-corrected chi connectivity index (χ3v) is 1.82. The molecule has 0 atom stereocenters. The van der Waals surface area contributed by atoms with E-state index in [1.807, 2.05) is 6.92 Å². The van der Waals surface area contributed by atoms with Crippen molar-refractivity contribution in [3.05, 3.63) is 17.5 Å². The summed E-state index contributed by atoms with van der Waals surface area (Å²) in [5.41, 5.74) is 0. The predicted molar refractivity (Wildman–Crippen MR) is 58.8 cm³/mol. The molecule has 82 valence electrons. The van der Waals surface area contributed by atoms with Crippen LogP contribution in [0.4, 0.5) is 5.82 Å². The van der Waals surface area contributed by atoms with Crippen LogP contribution in [0.25, 0.3) is 0 Å². The van der Waals surface area contributed by atoms with Gasteiger partial charge in [0.05, 0.1) is 12.4 Å². The van der Waals surface area contributed by atoms with Gasteiger partial charge in [-0.15, -0.1) is 0 Å². The van der Waals surface area contributed by atoms with Crippen LogP contribution in [0.1, 0.15) is 13.3 Å². The molecule has 0 unspecified atom stereocenters. The maximum atomic E-state index is 11.1. The molecule has 0 bridgehead atoms. The van der Waals surface area contributed by atoms with Gasteiger partial charge in [-0.3, -0.25) is 9.78 Å². The summed E-state index contributed by atoms with van der Waals surface area (Å²) >= 11 is 5.64. The molecule has 6 heteroatoms. The van der Waals surface area contributed by atoms with Crippen molar-refractivity contribution in [1.82, 2.24) is 15.3 Å². The average molecular weight is 229 g/mol. The van der Waals surface area contributed by atoms with E-state index in [4.69, 9.17) is 11.6 Å². The summed E-state index contributed by atoms with van der Waals surface area (Å²) < 4.78 is 0. The molecule has 0 fully saturated rings. The van der Waals surface area contributed by atoms with E-state index in [1.165, 1.54) is 6.20 Å². The van der Waals surface area contributed by atoms with Crippen LogP contribution in [0, 0.1) is 0 Å². The third kappa shape index (κ3) is 4.60. The first kappa shape index (κ1) is 11.7. The van der Waals surface area contributed by atoms with Gasteiger partial charge in [0.2, 0.25) is 5.91 Å². The van der Waals surface area contributed by atoms with Crippen molar-refractivity contribution in [3.8, 4) is 0 Å². The second-order valence-electron chi connectivity index (χ2n) is 2.86. The minimum Gasteiger partial charge on any atom is -0.368 e. The lowest BCUT2D eigenvalue weighted by molar-refractivity contribution is -0.120. The number of aromatic nitrogens is 2. The van der Waals surface area contributed by atoms with E-state index in [-0.39, 0.29) is 5.91 Å². The Morgan fingerprint density at radius 2 is 2.33 bits per heavy atom. The summed E-state index contributed by atoms with van der Waals surface area (Å²) in [6.45, 7) is 3.05. The van der Waals surface area contributed by atoms with E-state index in [0.29, 0.717) is 30.5 Å². The number of nitrogens with zero attached hydrogens (tertiary/aromatic N) is 2. The van der Waals surface area contributed by atoms with Gasteiger partial charge in [-0.25, -0.2) is 4.98 Å². The Balaban J connectivity index is 2.28. The first-order valence-electron chi connectivity index (χ1n) is 4.70. The molecule has 0 radical (unpaired) electrons. The van der Waals surface area contributed by atoms with Crippen LogP contribution in [-0.2, 0) is 4.79 Å². The molecule has 0 aliphatic heterocycles. The van der Waals surface area contributed by atoms with Crippen molar-refractivity contribution >= 4 is 23.3 Å². The fourth-order valence-corrected chi connectivity index (χ4v) is 1.16. The lowest BCUT2D eigenvalue weighted by atomic mass is 10.4. The van der Waals surface area contributed by atoms with Crippen LogP contribution in [0.3, 0.4) is 0 Å². The van der Waals surface area contributed by atoms with Gasteiger partial charge >= 0.3 is 0 Å². The molecular weight excluding hydrogens is 216 g/mol. The third-order valence-electron chi connectivity index (χ3n) is 1.64. The Kier molecular flexibility index (Phi) is 4.83. The number of amides is 1. The van der Waals surface area contributed by atoms with E-state index >= 15 is 0 Å². The van der Waals surface area contributed by atoms with Gasteiger partial charge < -0.3 is 10.6 Å². The van der Waals surface area contributed by atoms with Gasteiger partial charge in [0, 0.05) is 19.5 Å². The molecule has 0 aromatic carbocycles. The number of carbonyl (C=O) groups excluding carboxylic acids is 1. The lowest BCUT2D eigenvalue weighted by Gasteiger charge is -2.04. The molecule has 0 aliphatic rings. The molecule has 5 nitrogen and oxygen atoms in total. The van der Waals surface area contributed by atoms with E-state index < -0.39 is 0 Å². The molecule has 0 saturated carbocycles. The van der Waals surface area contributed by atoms with Gasteiger partial charge in [0.1, 0.15) is 11.0 Å². The van der Waals surface area contributed by atoms with E-state index in [9.17, 15) is 4.79 Å². The predicted octanol–water partition coefficient (Wildman–Crippen LogP) is 1.07. The number of hydrogen-bond donors (Lipinski definition) is 2. The zero-order chi connectivity index (χ0) is 11.1. The Hall–Kier alpha value is -1.36. The zero-order valence-corrected chi connectivity index (χ0v) is 9.21. The Morgan fingerprint density at radius 1 is 1.53 bits per heavy atom. The summed E-state index contributed by atoms with van der Waals surface area (Å²) in [6.07, 6.45) is 3.42. The topological polar surface area (TPSA) is 66.9 Å². The number of carbonyl (C=O) groups is 1. The molecule has 1 rings (SSSR count). The van der Waals surface area contributed by atoms with Crippen molar-refractivity contribution in [2.45, 2.75) is 13.3 Å². The van der Waals surface area contributed by atoms with Crippen LogP contribution in [0.2, 0.25) is 5.15 Å². The van der Waals surface area contributed by atoms with Crippen LogP contribution in [0.5, 0.6) is 0 Å². The zero-order valence-electron chi connectivity index (χ0n) is 8.46. The minimum atomic E-state index is 0.0139. The fourth-order valence-electron chi connectivity index (χ4n) is 1.02. The van der Waals surface area contributed by atoms with Gasteiger partial charge in [-0.1, -0.05) is 11.6 Å². The second kappa shape index (κ2) is 6.19. The van der Waals surface area contributed by atoms with Gasteiger partial charge in [0.15, 0.2) is 0 Å². The quantitative estimate of drug-likeness (QED) is 0.791. The minimum absolute atomic E-state index is 0.0139. The molecule has 0 saturated heterocycles. The summed E-state index contributed by atoms with van der Waals surface area (Å²) in [6, 6.07) is 0. The molecule has 0 spiro atoms. The summed E-state index contributed by atoms with van der Waals surface area (Å²) in [4.78, 5) is 18.9. The smallest absolute Gasteiger partial charge is 0.221 e. The van der Waals surface area contributed by atoms with Crippen molar-refractivity contribution in [3.63, 3.8) is 0 Å². The normalized spacial score (nSPS) is 9.73. The van der Waals surface area contributed by atoms with Crippen molar-refractivity contribution < 1.29 is 4.79 Å². The molecule has 1 amide bonds. The Bertz CT molecular complexity index is 332.